The lowest BCUT2D eigenvalue weighted by Gasteiger charge is -2.10. The fourth-order valence-electron chi connectivity index (χ4n) is 2.03. The normalized spacial score (nSPS) is 10.8. The summed E-state index contributed by atoms with van der Waals surface area (Å²) in [6.07, 6.45) is 0. The lowest BCUT2D eigenvalue weighted by atomic mass is 10.2. The first kappa shape index (κ1) is 16.2. The van der Waals surface area contributed by atoms with Gasteiger partial charge >= 0.3 is 6.61 Å². The topological polar surface area (TPSA) is 60.2 Å². The molecule has 24 heavy (non-hydrogen) atoms. The quantitative estimate of drug-likeness (QED) is 0.703. The number of alkyl halides is 2. The van der Waals surface area contributed by atoms with Crippen LogP contribution in [0.15, 0.2) is 53.1 Å². The Bertz CT molecular complexity index is 809. The van der Waals surface area contributed by atoms with Crippen molar-refractivity contribution >= 4 is 17.3 Å². The predicted molar refractivity (Wildman–Crippen MR) is 85.1 cm³/mol. The van der Waals surface area contributed by atoms with Crippen LogP contribution in [0.3, 0.4) is 0 Å². The molecule has 124 valence electrons. The molecule has 0 unspecified atom stereocenters. The van der Waals surface area contributed by atoms with E-state index in [1.807, 2.05) is 0 Å². The molecule has 5 nitrogen and oxygen atoms in total. The molecule has 1 aromatic heterocycles. The summed E-state index contributed by atoms with van der Waals surface area (Å²) in [4.78, 5) is 4.24. The zero-order valence-electron chi connectivity index (χ0n) is 12.2. The van der Waals surface area contributed by atoms with E-state index in [4.69, 9.17) is 16.1 Å². The van der Waals surface area contributed by atoms with E-state index in [9.17, 15) is 8.78 Å². The van der Waals surface area contributed by atoms with E-state index >= 15 is 0 Å². The summed E-state index contributed by atoms with van der Waals surface area (Å²) in [5.41, 5.74) is 1.17. The van der Waals surface area contributed by atoms with Crippen LogP contribution in [0.25, 0.3) is 11.4 Å². The molecule has 3 rings (SSSR count). The molecule has 0 saturated heterocycles. The minimum absolute atomic E-state index is 0.0462. The molecule has 0 saturated carbocycles. The molecule has 0 aliphatic heterocycles. The summed E-state index contributed by atoms with van der Waals surface area (Å²) in [5.74, 6) is 0.775. The highest BCUT2D eigenvalue weighted by atomic mass is 35.5. The van der Waals surface area contributed by atoms with Crippen molar-refractivity contribution in [3.8, 4) is 17.1 Å². The molecule has 3 aromatic rings. The van der Waals surface area contributed by atoms with Crippen LogP contribution in [-0.4, -0.2) is 16.8 Å². The number of nitrogens with one attached hydrogen (secondary N) is 1. The smallest absolute Gasteiger partial charge is 0.387 e. The molecule has 0 radical (unpaired) electrons. The zero-order valence-corrected chi connectivity index (χ0v) is 13.0. The number of anilines is 1. The van der Waals surface area contributed by atoms with Gasteiger partial charge in [-0.05, 0) is 36.4 Å². The number of rotatable bonds is 6. The maximum absolute atomic E-state index is 12.4. The standard InChI is InChI=1S/C16H12ClF2N3O2/c17-11-7-5-10(6-8-11)15-21-14(24-22-15)9-20-12-3-1-2-4-13(12)23-16(18)19/h1-8,16,20H,9H2. The molecule has 2 aromatic carbocycles. The van der Waals surface area contributed by atoms with Crippen molar-refractivity contribution in [3.05, 3.63) is 59.4 Å². The van der Waals surface area contributed by atoms with Crippen LogP contribution in [0.5, 0.6) is 5.75 Å². The lowest BCUT2D eigenvalue weighted by molar-refractivity contribution is -0.0493. The molecule has 0 spiro atoms. The van der Waals surface area contributed by atoms with Crippen molar-refractivity contribution in [1.82, 2.24) is 10.1 Å². The fraction of sp³-hybridized carbons (Fsp3) is 0.125. The minimum Gasteiger partial charge on any atom is -0.433 e. The van der Waals surface area contributed by atoms with Crippen molar-refractivity contribution in [2.75, 3.05) is 5.32 Å². The molecule has 8 heteroatoms. The monoisotopic (exact) mass is 351 g/mol. The van der Waals surface area contributed by atoms with Crippen molar-refractivity contribution in [2.45, 2.75) is 13.2 Å². The van der Waals surface area contributed by atoms with Crippen LogP contribution in [0.4, 0.5) is 14.5 Å². The van der Waals surface area contributed by atoms with E-state index in [-0.39, 0.29) is 12.3 Å². The zero-order chi connectivity index (χ0) is 16.9. The van der Waals surface area contributed by atoms with Crippen LogP contribution >= 0.6 is 11.6 Å². The van der Waals surface area contributed by atoms with Crippen molar-refractivity contribution in [2.24, 2.45) is 0 Å². The summed E-state index contributed by atoms with van der Waals surface area (Å²) in [5, 5.41) is 7.42. The van der Waals surface area contributed by atoms with E-state index in [0.717, 1.165) is 5.56 Å². The van der Waals surface area contributed by atoms with Gasteiger partial charge in [-0.3, -0.25) is 0 Å². The summed E-state index contributed by atoms with van der Waals surface area (Å²) in [6, 6.07) is 13.4. The SMILES string of the molecule is FC(F)Oc1ccccc1NCc1nc(-c2ccc(Cl)cc2)no1. The maximum atomic E-state index is 12.4. The van der Waals surface area contributed by atoms with Crippen LogP contribution < -0.4 is 10.1 Å². The van der Waals surface area contributed by atoms with Crippen LogP contribution in [0.1, 0.15) is 5.89 Å². The van der Waals surface area contributed by atoms with Gasteiger partial charge in [-0.1, -0.05) is 28.9 Å². The van der Waals surface area contributed by atoms with E-state index in [1.54, 1.807) is 42.5 Å². The highest BCUT2D eigenvalue weighted by Crippen LogP contribution is 2.26. The molecule has 1 N–H and O–H groups in total. The van der Waals surface area contributed by atoms with Gasteiger partial charge < -0.3 is 14.6 Å². The Labute approximate surface area is 141 Å². The van der Waals surface area contributed by atoms with Gasteiger partial charge in [0.1, 0.15) is 5.75 Å². The number of aromatic nitrogens is 2. The van der Waals surface area contributed by atoms with Gasteiger partial charge in [0.15, 0.2) is 0 Å². The maximum Gasteiger partial charge on any atom is 0.387 e. The van der Waals surface area contributed by atoms with E-state index < -0.39 is 6.61 Å². The van der Waals surface area contributed by atoms with Gasteiger partial charge in [0, 0.05) is 10.6 Å². The van der Waals surface area contributed by atoms with Gasteiger partial charge in [0.2, 0.25) is 11.7 Å². The molecular formula is C16H12ClF2N3O2. The van der Waals surface area contributed by atoms with Gasteiger partial charge in [-0.2, -0.15) is 13.8 Å². The minimum atomic E-state index is -2.90. The average molecular weight is 352 g/mol. The fourth-order valence-corrected chi connectivity index (χ4v) is 2.15. The van der Waals surface area contributed by atoms with E-state index in [0.29, 0.717) is 22.4 Å². The molecule has 0 aliphatic carbocycles. The molecule has 0 bridgehead atoms. The van der Waals surface area contributed by atoms with Crippen molar-refractivity contribution < 1.29 is 18.0 Å². The lowest BCUT2D eigenvalue weighted by Crippen LogP contribution is -2.06. The van der Waals surface area contributed by atoms with E-state index in [2.05, 4.69) is 20.2 Å². The van der Waals surface area contributed by atoms with Crippen LogP contribution in [-0.2, 0) is 6.54 Å². The first-order chi connectivity index (χ1) is 11.6. The second-order valence-corrected chi connectivity index (χ2v) is 5.18. The molecule has 0 atom stereocenters. The first-order valence-electron chi connectivity index (χ1n) is 6.98. The van der Waals surface area contributed by atoms with Gasteiger partial charge in [-0.25, -0.2) is 0 Å². The third-order valence-corrected chi connectivity index (χ3v) is 3.36. The number of para-hydroxylation sites is 2. The van der Waals surface area contributed by atoms with Gasteiger partial charge in [-0.15, -0.1) is 0 Å². The second-order valence-electron chi connectivity index (χ2n) is 4.75. The number of halogens is 3. The number of hydrogen-bond acceptors (Lipinski definition) is 5. The summed E-state index contributed by atoms with van der Waals surface area (Å²) in [6.45, 7) is -2.72. The number of ether oxygens (including phenoxy) is 1. The Hall–Kier alpha value is -2.67. The molecule has 0 aliphatic rings. The Balaban J connectivity index is 1.69. The molecular weight excluding hydrogens is 340 g/mol. The van der Waals surface area contributed by atoms with Crippen LogP contribution in [0.2, 0.25) is 5.02 Å². The third kappa shape index (κ3) is 3.99. The average Bonchev–Trinajstić information content (AvgIpc) is 3.03. The Morgan fingerprint density at radius 3 is 2.62 bits per heavy atom. The van der Waals surface area contributed by atoms with E-state index in [1.165, 1.54) is 6.07 Å². The van der Waals surface area contributed by atoms with Gasteiger partial charge in [0.25, 0.3) is 0 Å². The highest BCUT2D eigenvalue weighted by molar-refractivity contribution is 6.30. The highest BCUT2D eigenvalue weighted by Gasteiger charge is 2.11. The summed E-state index contributed by atoms with van der Waals surface area (Å²) in [7, 11) is 0. The Morgan fingerprint density at radius 2 is 1.88 bits per heavy atom. The largest absolute Gasteiger partial charge is 0.433 e. The van der Waals surface area contributed by atoms with Crippen LogP contribution in [0, 0.1) is 0 Å². The molecule has 0 fully saturated rings. The predicted octanol–water partition coefficient (Wildman–Crippen LogP) is 4.60. The van der Waals surface area contributed by atoms with Crippen molar-refractivity contribution in [3.63, 3.8) is 0 Å². The van der Waals surface area contributed by atoms with Gasteiger partial charge in [0.05, 0.1) is 12.2 Å². The Kier molecular flexibility index (Phi) is 4.90. The van der Waals surface area contributed by atoms with Crippen molar-refractivity contribution in [1.29, 1.82) is 0 Å². The molecule has 1 heterocycles. The second kappa shape index (κ2) is 7.27. The summed E-state index contributed by atoms with van der Waals surface area (Å²) >= 11 is 5.83. The Morgan fingerprint density at radius 1 is 1.12 bits per heavy atom. The first-order valence-corrected chi connectivity index (χ1v) is 7.36. The third-order valence-electron chi connectivity index (χ3n) is 3.10. The number of hydrogen-bond donors (Lipinski definition) is 1. The number of benzene rings is 2. The summed E-state index contributed by atoms with van der Waals surface area (Å²) < 4.78 is 34.4. The number of nitrogens with zero attached hydrogens (tertiary/aromatic N) is 2. The molecule has 0 amide bonds.